The van der Waals surface area contributed by atoms with Gasteiger partial charge in [0.1, 0.15) is 48.8 Å². The Morgan fingerprint density at radius 3 is 0.931 bits per heavy atom. The lowest BCUT2D eigenvalue weighted by atomic mass is 9.95. The fourth-order valence-corrected chi connectivity index (χ4v) is 8.97. The van der Waals surface area contributed by atoms with Gasteiger partial charge in [-0.25, -0.2) is 0 Å². The second kappa shape index (κ2) is 27.2. The van der Waals surface area contributed by atoms with Crippen LogP contribution in [0.15, 0.2) is 212 Å². The van der Waals surface area contributed by atoms with Crippen LogP contribution in [0.4, 0.5) is 0 Å². The summed E-state index contributed by atoms with van der Waals surface area (Å²) in [6.07, 6.45) is -9.37. The predicted molar refractivity (Wildman–Crippen MR) is 272 cm³/mol. The van der Waals surface area contributed by atoms with Gasteiger partial charge in [-0.2, -0.15) is 0 Å². The summed E-state index contributed by atoms with van der Waals surface area (Å²) in [7, 11) is 0. The van der Waals surface area contributed by atoms with Gasteiger partial charge in [-0.05, 0) is 38.9 Å². The Kier molecular flexibility index (Phi) is 19.3. The molecule has 7 aromatic carbocycles. The molecule has 7 aromatic rings. The summed E-state index contributed by atoms with van der Waals surface area (Å²) in [6, 6.07) is 69.6. The highest BCUT2D eigenvalue weighted by Crippen LogP contribution is 2.36. The van der Waals surface area contributed by atoms with Gasteiger partial charge in [0.15, 0.2) is 12.6 Å². The van der Waals surface area contributed by atoms with E-state index >= 15 is 0 Å². The van der Waals surface area contributed by atoms with Crippen LogP contribution in [0.2, 0.25) is 0 Å². The zero-order valence-corrected chi connectivity index (χ0v) is 40.4. The fraction of sp³-hybridized carbons (Fsp3) is 0.311. The summed E-state index contributed by atoms with van der Waals surface area (Å²) in [5.74, 6) is 0. The topological polar surface area (TPSA) is 113 Å². The second-order valence-electron chi connectivity index (χ2n) is 18.0. The van der Waals surface area contributed by atoms with Crippen LogP contribution < -0.4 is 0 Å². The Morgan fingerprint density at radius 2 is 0.569 bits per heavy atom. The Labute approximate surface area is 423 Å². The van der Waals surface area contributed by atoms with E-state index in [1.54, 1.807) is 0 Å². The summed E-state index contributed by atoms with van der Waals surface area (Å²) in [5.41, 5.74) is 6.75. The predicted octanol–water partition coefficient (Wildman–Crippen LogP) is 10.2. The first kappa shape index (κ1) is 51.0. The molecule has 1 N–H and O–H groups in total. The highest BCUT2D eigenvalue weighted by atomic mass is 16.8. The van der Waals surface area contributed by atoms with Crippen LogP contribution in [-0.2, 0) is 93.6 Å². The van der Waals surface area contributed by atoms with Crippen LogP contribution >= 0.6 is 0 Å². The molecular weight excluding hydrogens is 909 g/mol. The van der Waals surface area contributed by atoms with Crippen molar-refractivity contribution in [2.75, 3.05) is 13.2 Å². The van der Waals surface area contributed by atoms with Crippen LogP contribution in [-0.4, -0.2) is 79.7 Å². The monoisotopic (exact) mass is 972 g/mol. The average Bonchev–Trinajstić information content (AvgIpc) is 3.43. The molecule has 2 aliphatic rings. The summed E-state index contributed by atoms with van der Waals surface area (Å²) >= 11 is 0. The van der Waals surface area contributed by atoms with Gasteiger partial charge in [0, 0.05) is 0 Å². The van der Waals surface area contributed by atoms with Crippen LogP contribution in [0, 0.1) is 0 Å². The van der Waals surface area contributed by atoms with E-state index in [9.17, 15) is 5.11 Å². The van der Waals surface area contributed by atoms with Crippen LogP contribution in [0.3, 0.4) is 0 Å². The molecule has 0 bridgehead atoms. The molecule has 11 nitrogen and oxygen atoms in total. The van der Waals surface area contributed by atoms with Gasteiger partial charge in [-0.1, -0.05) is 212 Å². The number of benzene rings is 7. The van der Waals surface area contributed by atoms with Crippen molar-refractivity contribution < 1.29 is 52.5 Å². The van der Waals surface area contributed by atoms with Crippen molar-refractivity contribution >= 4 is 0 Å². The molecule has 72 heavy (non-hydrogen) atoms. The highest BCUT2D eigenvalue weighted by molar-refractivity contribution is 5.19. The van der Waals surface area contributed by atoms with Gasteiger partial charge in [0.05, 0.1) is 59.5 Å². The SMILES string of the molecule is O[C@H]1O[C@H](COCc2ccccc2)[C@@H](O[C@@H]2O[C@H](COCc3ccccc3)[C@@H](OCc3ccccc3)[C@H](OCc3ccccc3)[C@H]2OCc2ccccc2)[C@H](OCc2ccccc2)[C@@H]1OCc1ccccc1. The first-order valence-electron chi connectivity index (χ1n) is 24.8. The molecule has 9 rings (SSSR count). The van der Waals surface area contributed by atoms with Gasteiger partial charge in [0.2, 0.25) is 0 Å². The van der Waals surface area contributed by atoms with E-state index < -0.39 is 61.4 Å². The Morgan fingerprint density at radius 1 is 0.292 bits per heavy atom. The van der Waals surface area contributed by atoms with E-state index in [0.29, 0.717) is 13.2 Å². The summed E-state index contributed by atoms with van der Waals surface area (Å²) in [6.45, 7) is 1.91. The number of rotatable bonds is 25. The van der Waals surface area contributed by atoms with Crippen molar-refractivity contribution in [1.29, 1.82) is 0 Å². The van der Waals surface area contributed by atoms with E-state index in [0.717, 1.165) is 38.9 Å². The van der Waals surface area contributed by atoms with E-state index in [1.807, 2.05) is 212 Å². The number of hydrogen-bond donors (Lipinski definition) is 1. The molecule has 2 aliphatic heterocycles. The molecule has 2 saturated heterocycles. The van der Waals surface area contributed by atoms with Crippen LogP contribution in [0.5, 0.6) is 0 Å². The second-order valence-corrected chi connectivity index (χ2v) is 18.0. The number of aliphatic hydroxyl groups is 1. The minimum absolute atomic E-state index is 0.0375. The Balaban J connectivity index is 1.10. The van der Waals surface area contributed by atoms with Crippen molar-refractivity contribution in [1.82, 2.24) is 0 Å². The number of aliphatic hydroxyl groups excluding tert-OH is 1. The molecule has 11 heteroatoms. The number of hydrogen-bond acceptors (Lipinski definition) is 11. The Bertz CT molecular complexity index is 2550. The molecule has 374 valence electrons. The lowest BCUT2D eigenvalue weighted by molar-refractivity contribution is -0.374. The zero-order chi connectivity index (χ0) is 49.0. The lowest BCUT2D eigenvalue weighted by Gasteiger charge is -2.49. The molecule has 0 aromatic heterocycles. The normalized spacial score (nSPS) is 24.2. The molecule has 0 amide bonds. The van der Waals surface area contributed by atoms with Gasteiger partial charge in [-0.15, -0.1) is 0 Å². The quantitative estimate of drug-likeness (QED) is 0.0591. The summed E-state index contributed by atoms with van der Waals surface area (Å²) in [4.78, 5) is 0. The van der Waals surface area contributed by atoms with Crippen LogP contribution in [0.1, 0.15) is 38.9 Å². The zero-order valence-electron chi connectivity index (χ0n) is 40.4. The lowest BCUT2D eigenvalue weighted by Crippen LogP contribution is -2.66. The summed E-state index contributed by atoms with van der Waals surface area (Å²) in [5, 5.41) is 12.0. The van der Waals surface area contributed by atoms with Crippen molar-refractivity contribution in [3.8, 4) is 0 Å². The maximum absolute atomic E-state index is 12.0. The van der Waals surface area contributed by atoms with Crippen molar-refractivity contribution in [2.24, 2.45) is 0 Å². The van der Waals surface area contributed by atoms with Crippen molar-refractivity contribution in [3.63, 3.8) is 0 Å². The largest absolute Gasteiger partial charge is 0.374 e. The molecule has 2 fully saturated rings. The molecule has 0 saturated carbocycles. The molecule has 2 heterocycles. The highest BCUT2D eigenvalue weighted by Gasteiger charge is 2.54. The molecular formula is C61H64O11. The maximum Gasteiger partial charge on any atom is 0.187 e. The third-order valence-electron chi connectivity index (χ3n) is 12.7. The summed E-state index contributed by atoms with van der Waals surface area (Å²) < 4.78 is 68.6. The van der Waals surface area contributed by atoms with Crippen molar-refractivity contribution in [3.05, 3.63) is 251 Å². The number of ether oxygens (including phenoxy) is 10. The van der Waals surface area contributed by atoms with Gasteiger partial charge < -0.3 is 52.5 Å². The minimum Gasteiger partial charge on any atom is -0.374 e. The van der Waals surface area contributed by atoms with E-state index in [1.165, 1.54) is 0 Å². The minimum atomic E-state index is -1.41. The Hall–Kier alpha value is -5.90. The molecule has 0 aliphatic carbocycles. The first-order valence-corrected chi connectivity index (χ1v) is 24.8. The van der Waals surface area contributed by atoms with Gasteiger partial charge >= 0.3 is 0 Å². The van der Waals surface area contributed by atoms with Crippen LogP contribution in [0.25, 0.3) is 0 Å². The standard InChI is InChI=1S/C61H64O11/c62-60-58(68-41-50-32-18-6-19-33-50)57(67-40-49-30-16-5-17-31-49)55(53(70-60)44-64-37-46-24-10-2-11-25-46)72-61-59(69-42-51-34-20-7-21-35-51)56(66-39-48-28-14-4-15-29-48)54(65-38-47-26-12-3-13-27-47)52(71-61)43-63-36-45-22-8-1-9-23-45/h1-35,52-62H,36-44H2/t52-,53-,54-,55-,56+,57+,58+,59-,60+,61+/m1/s1. The van der Waals surface area contributed by atoms with Crippen molar-refractivity contribution in [2.45, 2.75) is 108 Å². The average molecular weight is 973 g/mol. The van der Waals surface area contributed by atoms with Gasteiger partial charge in [0.25, 0.3) is 0 Å². The molecule has 0 spiro atoms. The third-order valence-corrected chi connectivity index (χ3v) is 12.7. The van der Waals surface area contributed by atoms with E-state index in [2.05, 4.69) is 0 Å². The smallest absolute Gasteiger partial charge is 0.187 e. The first-order chi connectivity index (χ1) is 35.6. The molecule has 0 unspecified atom stereocenters. The fourth-order valence-electron chi connectivity index (χ4n) is 8.97. The molecule has 10 atom stereocenters. The van der Waals surface area contributed by atoms with E-state index in [4.69, 9.17) is 47.4 Å². The van der Waals surface area contributed by atoms with Gasteiger partial charge in [-0.3, -0.25) is 0 Å². The third kappa shape index (κ3) is 14.8. The molecule has 0 radical (unpaired) electrons. The maximum atomic E-state index is 12.0. The van der Waals surface area contributed by atoms with E-state index in [-0.39, 0.29) is 46.2 Å².